The van der Waals surface area contributed by atoms with Crippen LogP contribution in [-0.4, -0.2) is 56.9 Å². The SMILES string of the molecule is NC(CC(O)O)C1C=CC[N-]C1.O.O.O=[N+]([O-])O.[NH2-].[Zn+2].[Zn].[Zn]. The molecule has 1 aliphatic heterocycles. The third kappa shape index (κ3) is 28.7. The average molecular weight is 482 g/mol. The molecule has 2 unspecified atom stereocenters. The molecule has 0 saturated carbocycles. The normalized spacial score (nSPS) is 15.4. The van der Waals surface area contributed by atoms with Crippen LogP contribution in [0.5, 0.6) is 0 Å². The van der Waals surface area contributed by atoms with E-state index in [1.165, 1.54) is 0 Å². The molecule has 22 heavy (non-hydrogen) atoms. The molecule has 0 radical (unpaired) electrons. The number of hydrogen-bond acceptors (Lipinski definition) is 5. The van der Waals surface area contributed by atoms with E-state index in [1.54, 1.807) is 0 Å². The van der Waals surface area contributed by atoms with E-state index in [0.29, 0.717) is 6.54 Å². The minimum absolute atomic E-state index is 0. The minimum atomic E-state index is -1.50. The van der Waals surface area contributed by atoms with Gasteiger partial charge in [-0.3, -0.25) is 0 Å². The summed E-state index contributed by atoms with van der Waals surface area (Å²) < 4.78 is 0. The fraction of sp³-hybridized carbons (Fsp3) is 0.750. The molecule has 2 atom stereocenters. The molecule has 0 aliphatic carbocycles. The second-order valence-corrected chi connectivity index (χ2v) is 3.30. The Balaban J connectivity index is -0.0000000410. The van der Waals surface area contributed by atoms with Gasteiger partial charge < -0.3 is 43.6 Å². The van der Waals surface area contributed by atoms with E-state index < -0.39 is 11.4 Å². The van der Waals surface area contributed by atoms with E-state index in [0.717, 1.165) is 6.54 Å². The summed E-state index contributed by atoms with van der Waals surface area (Å²) in [5.74, 6) is 0.167. The largest absolute Gasteiger partial charge is 2.00 e. The molecule has 0 spiro atoms. The van der Waals surface area contributed by atoms with Crippen molar-refractivity contribution in [2.45, 2.75) is 18.8 Å². The average Bonchev–Trinajstić information content (AvgIpc) is 2.17. The van der Waals surface area contributed by atoms with Crippen molar-refractivity contribution in [2.75, 3.05) is 13.1 Å². The van der Waals surface area contributed by atoms with Crippen LogP contribution < -0.4 is 5.73 Å². The van der Waals surface area contributed by atoms with Gasteiger partial charge in [0.1, 0.15) is 0 Å². The molecule has 0 fully saturated rings. The number of aliphatic hydroxyl groups excluding tert-OH is 1. The topological polar surface area (TPSA) is 240 Å². The van der Waals surface area contributed by atoms with Crippen LogP contribution in [0.3, 0.4) is 0 Å². The van der Waals surface area contributed by atoms with Crippen LogP contribution in [0.25, 0.3) is 11.5 Å². The molecular formula is C8H22N4O7Zn3. The molecule has 0 aromatic heterocycles. The first-order chi connectivity index (χ1) is 7.43. The Morgan fingerprint density at radius 3 is 2.05 bits per heavy atom. The van der Waals surface area contributed by atoms with Crippen LogP contribution >= 0.6 is 0 Å². The Morgan fingerprint density at radius 2 is 1.77 bits per heavy atom. The minimum Gasteiger partial charge on any atom is -0.693 e. The van der Waals surface area contributed by atoms with E-state index >= 15 is 0 Å². The Kier molecular flexibility index (Phi) is 52.0. The molecule has 0 saturated heterocycles. The number of hydrogen-bond donors (Lipinski definition) is 4. The first-order valence-electron chi connectivity index (χ1n) is 4.68. The summed E-state index contributed by atoms with van der Waals surface area (Å²) in [4.78, 5) is 8.36. The zero-order chi connectivity index (χ0) is 12.6. The third-order valence-corrected chi connectivity index (χ3v) is 1.99. The predicted molar refractivity (Wildman–Crippen MR) is 67.8 cm³/mol. The Labute approximate surface area is 166 Å². The maximum absolute atomic E-state index is 8.67. The van der Waals surface area contributed by atoms with Gasteiger partial charge in [-0.2, -0.15) is 0 Å². The van der Waals surface area contributed by atoms with E-state index in [1.807, 2.05) is 12.2 Å². The summed E-state index contributed by atoms with van der Waals surface area (Å²) in [7, 11) is 0. The van der Waals surface area contributed by atoms with Crippen molar-refractivity contribution in [3.63, 3.8) is 0 Å². The third-order valence-electron chi connectivity index (χ3n) is 1.99. The zero-order valence-corrected chi connectivity index (χ0v) is 21.2. The van der Waals surface area contributed by atoms with Crippen molar-refractivity contribution in [1.82, 2.24) is 0 Å². The number of rotatable bonds is 3. The molecular weight excluding hydrogens is 460 g/mol. The van der Waals surface area contributed by atoms with Gasteiger partial charge >= 0.3 is 19.5 Å². The molecule has 1 aliphatic rings. The zero-order valence-electron chi connectivity index (χ0n) is 12.3. The van der Waals surface area contributed by atoms with Gasteiger partial charge in [0.05, 0.1) is 0 Å². The summed E-state index contributed by atoms with van der Waals surface area (Å²) >= 11 is 0. The molecule has 1 heterocycles. The van der Waals surface area contributed by atoms with Gasteiger partial charge in [-0.05, 0) is 5.92 Å². The van der Waals surface area contributed by atoms with Crippen molar-refractivity contribution >= 4 is 0 Å². The number of nitrogens with zero attached hydrogens (tertiary/aromatic N) is 2. The van der Waals surface area contributed by atoms with Crippen LogP contribution in [0.2, 0.25) is 0 Å². The monoisotopic (exact) mass is 478 g/mol. The van der Waals surface area contributed by atoms with Crippen molar-refractivity contribution in [2.24, 2.45) is 11.7 Å². The van der Waals surface area contributed by atoms with Crippen LogP contribution in [0.1, 0.15) is 6.42 Å². The fourth-order valence-corrected chi connectivity index (χ4v) is 1.29. The first kappa shape index (κ1) is 43.3. The summed E-state index contributed by atoms with van der Waals surface area (Å²) in [6.45, 7) is 1.45. The molecule has 1 rings (SSSR count). The summed E-state index contributed by atoms with van der Waals surface area (Å²) in [5.41, 5.74) is 5.72. The summed E-state index contributed by atoms with van der Waals surface area (Å²) in [6.07, 6.45) is 2.86. The van der Waals surface area contributed by atoms with E-state index in [2.05, 4.69) is 5.32 Å². The smallest absolute Gasteiger partial charge is 0.693 e. The molecule has 0 bridgehead atoms. The molecule has 14 heteroatoms. The van der Waals surface area contributed by atoms with E-state index in [-0.39, 0.29) is 93.9 Å². The Hall–Kier alpha value is 0.530. The van der Waals surface area contributed by atoms with Crippen LogP contribution in [0, 0.1) is 16.0 Å². The second kappa shape index (κ2) is 26.4. The molecule has 11 N–H and O–H groups in total. The van der Waals surface area contributed by atoms with Crippen LogP contribution in [-0.2, 0) is 58.4 Å². The van der Waals surface area contributed by atoms with Crippen molar-refractivity contribution in [3.8, 4) is 0 Å². The van der Waals surface area contributed by atoms with Gasteiger partial charge in [0.25, 0.3) is 5.09 Å². The van der Waals surface area contributed by atoms with Crippen LogP contribution in [0.4, 0.5) is 0 Å². The van der Waals surface area contributed by atoms with E-state index in [9.17, 15) is 0 Å². The molecule has 122 valence electrons. The summed E-state index contributed by atoms with van der Waals surface area (Å²) in [5, 5.41) is 35.1. The molecule has 0 aromatic rings. The van der Waals surface area contributed by atoms with Gasteiger partial charge in [-0.15, -0.1) is 29.3 Å². The van der Waals surface area contributed by atoms with E-state index in [4.69, 9.17) is 31.3 Å². The Bertz CT molecular complexity index is 248. The number of aliphatic hydroxyl groups is 2. The van der Waals surface area contributed by atoms with Gasteiger partial charge in [-0.1, -0.05) is 6.08 Å². The van der Waals surface area contributed by atoms with Crippen LogP contribution in [0.15, 0.2) is 12.2 Å². The maximum atomic E-state index is 8.67. The summed E-state index contributed by atoms with van der Waals surface area (Å²) in [6, 6.07) is -0.203. The fourth-order valence-electron chi connectivity index (χ4n) is 1.29. The predicted octanol–water partition coefficient (Wildman–Crippen LogP) is -1.71. The van der Waals surface area contributed by atoms with Gasteiger partial charge in [0.2, 0.25) is 0 Å². The molecule has 0 aromatic carbocycles. The number of nitrogens with two attached hydrogens (primary N) is 2. The van der Waals surface area contributed by atoms with Gasteiger partial charge in [0.15, 0.2) is 6.29 Å². The van der Waals surface area contributed by atoms with Crippen molar-refractivity contribution in [1.29, 1.82) is 0 Å². The first-order valence-corrected chi connectivity index (χ1v) is 4.68. The standard InChI is InChI=1S/C8H15N2O2.HNO3.H2N.2H2O.3Zn/c9-7(4-8(11)12)6-2-1-3-10-5-6;2-1(3)4;;;;;;/h1-2,6-8,11-12H,3-5,9H2;(H,2,3,4);3*1H2;;;/q-1;;-1;;;;;+2. The maximum Gasteiger partial charge on any atom is 2.00 e. The molecule has 11 nitrogen and oxygen atoms in total. The van der Waals surface area contributed by atoms with Crippen molar-refractivity contribution in [3.05, 3.63) is 33.7 Å². The van der Waals surface area contributed by atoms with Crippen molar-refractivity contribution < 1.29 is 89.9 Å². The van der Waals surface area contributed by atoms with Gasteiger partial charge in [0, 0.05) is 51.4 Å². The van der Waals surface area contributed by atoms with Gasteiger partial charge in [-0.25, -0.2) is 0 Å². The molecule has 0 amide bonds. The second-order valence-electron chi connectivity index (χ2n) is 3.30. The Morgan fingerprint density at radius 1 is 1.36 bits per heavy atom. The quantitative estimate of drug-likeness (QED) is 0.120.